The molecule has 0 spiro atoms. The third kappa shape index (κ3) is 6.11. The maximum atomic E-state index is 12.8. The van der Waals surface area contributed by atoms with Crippen LogP contribution in [-0.2, 0) is 14.8 Å². The van der Waals surface area contributed by atoms with E-state index in [-0.39, 0.29) is 22.1 Å². The van der Waals surface area contributed by atoms with E-state index < -0.39 is 22.0 Å². The molecule has 162 valence electrons. The average molecular weight is 454 g/mol. The number of hydrogen-bond donors (Lipinski definition) is 3. The molecule has 8 nitrogen and oxygen atoms in total. The SMILES string of the molecule is CCCNC(=O)C(C)NC(=O)c1cccc(S(=O)(=O)Nc2cc(Cl)ccc2OC)c1. The zero-order chi connectivity index (χ0) is 22.3. The number of rotatable bonds is 9. The summed E-state index contributed by atoms with van der Waals surface area (Å²) in [4.78, 5) is 24.3. The molecule has 1 atom stereocenters. The number of methoxy groups -OCH3 is 1. The Bertz CT molecular complexity index is 1030. The van der Waals surface area contributed by atoms with E-state index in [4.69, 9.17) is 16.3 Å². The first-order chi connectivity index (χ1) is 14.2. The first-order valence-corrected chi connectivity index (χ1v) is 11.1. The van der Waals surface area contributed by atoms with Crippen LogP contribution in [0.25, 0.3) is 0 Å². The number of ether oxygens (including phenoxy) is 1. The zero-order valence-electron chi connectivity index (χ0n) is 16.9. The maximum absolute atomic E-state index is 12.8. The Hall–Kier alpha value is -2.78. The predicted molar refractivity (Wildman–Crippen MR) is 115 cm³/mol. The summed E-state index contributed by atoms with van der Waals surface area (Å²) in [6.07, 6.45) is 0.775. The van der Waals surface area contributed by atoms with Gasteiger partial charge < -0.3 is 15.4 Å². The number of anilines is 1. The molecule has 2 aromatic carbocycles. The van der Waals surface area contributed by atoms with Gasteiger partial charge in [0.05, 0.1) is 17.7 Å². The molecule has 0 aliphatic heterocycles. The van der Waals surface area contributed by atoms with E-state index in [2.05, 4.69) is 15.4 Å². The first-order valence-electron chi connectivity index (χ1n) is 9.23. The zero-order valence-corrected chi connectivity index (χ0v) is 18.4. The smallest absolute Gasteiger partial charge is 0.262 e. The van der Waals surface area contributed by atoms with E-state index in [1.807, 2.05) is 6.92 Å². The molecule has 10 heteroatoms. The van der Waals surface area contributed by atoms with Crippen molar-refractivity contribution >= 4 is 39.1 Å². The molecule has 0 bridgehead atoms. The molecule has 0 aliphatic rings. The van der Waals surface area contributed by atoms with Crippen molar-refractivity contribution in [3.05, 3.63) is 53.1 Å². The van der Waals surface area contributed by atoms with Crippen LogP contribution in [0.5, 0.6) is 5.75 Å². The second-order valence-electron chi connectivity index (χ2n) is 6.46. The highest BCUT2D eigenvalue weighted by molar-refractivity contribution is 7.92. The first kappa shape index (κ1) is 23.5. The number of amides is 2. The van der Waals surface area contributed by atoms with Crippen LogP contribution in [0.1, 0.15) is 30.6 Å². The minimum atomic E-state index is -4.02. The van der Waals surface area contributed by atoms with E-state index >= 15 is 0 Å². The largest absolute Gasteiger partial charge is 0.495 e. The van der Waals surface area contributed by atoms with E-state index in [0.29, 0.717) is 17.3 Å². The summed E-state index contributed by atoms with van der Waals surface area (Å²) in [5.74, 6) is -0.584. The second-order valence-corrected chi connectivity index (χ2v) is 8.58. The molecule has 0 aromatic heterocycles. The highest BCUT2D eigenvalue weighted by Gasteiger charge is 2.20. The topological polar surface area (TPSA) is 114 Å². The lowest BCUT2D eigenvalue weighted by Gasteiger charge is -2.15. The lowest BCUT2D eigenvalue weighted by Crippen LogP contribution is -2.45. The van der Waals surface area contributed by atoms with Gasteiger partial charge in [0, 0.05) is 17.1 Å². The Kier molecular flexibility index (Phi) is 8.08. The van der Waals surface area contributed by atoms with Crippen LogP contribution < -0.4 is 20.1 Å². The van der Waals surface area contributed by atoms with E-state index in [1.165, 1.54) is 43.5 Å². The minimum Gasteiger partial charge on any atom is -0.495 e. The molecule has 30 heavy (non-hydrogen) atoms. The molecule has 0 aliphatic carbocycles. The summed E-state index contributed by atoms with van der Waals surface area (Å²) in [6, 6.07) is 9.25. The van der Waals surface area contributed by atoms with Crippen molar-refractivity contribution < 1.29 is 22.7 Å². The van der Waals surface area contributed by atoms with Crippen LogP contribution in [0.3, 0.4) is 0 Å². The summed E-state index contributed by atoms with van der Waals surface area (Å²) in [5.41, 5.74) is 0.271. The Morgan fingerprint density at radius 2 is 1.90 bits per heavy atom. The van der Waals surface area contributed by atoms with Gasteiger partial charge >= 0.3 is 0 Å². The summed E-state index contributed by atoms with van der Waals surface area (Å²) in [6.45, 7) is 3.98. The number of hydrogen-bond acceptors (Lipinski definition) is 5. The number of carbonyl (C=O) groups excluding carboxylic acids is 2. The van der Waals surface area contributed by atoms with Gasteiger partial charge in [-0.2, -0.15) is 0 Å². The third-order valence-corrected chi connectivity index (χ3v) is 5.70. The molecular weight excluding hydrogens is 430 g/mol. The van der Waals surface area contributed by atoms with Crippen LogP contribution in [0.15, 0.2) is 47.4 Å². The Labute approximate surface area is 181 Å². The van der Waals surface area contributed by atoms with Gasteiger partial charge in [-0.3, -0.25) is 14.3 Å². The summed E-state index contributed by atoms with van der Waals surface area (Å²) < 4.78 is 33.2. The molecular formula is C20H24ClN3O5S. The molecule has 2 aromatic rings. The Balaban J connectivity index is 2.20. The lowest BCUT2D eigenvalue weighted by molar-refractivity contribution is -0.122. The minimum absolute atomic E-state index is 0.103. The van der Waals surface area contributed by atoms with Crippen LogP contribution in [0.2, 0.25) is 5.02 Å². The molecule has 1 unspecified atom stereocenters. The Morgan fingerprint density at radius 3 is 2.57 bits per heavy atom. The molecule has 2 amide bonds. The summed E-state index contributed by atoms with van der Waals surface area (Å²) in [5, 5.41) is 5.57. The molecule has 2 rings (SSSR count). The van der Waals surface area contributed by atoms with E-state index in [9.17, 15) is 18.0 Å². The highest BCUT2D eigenvalue weighted by Crippen LogP contribution is 2.29. The maximum Gasteiger partial charge on any atom is 0.262 e. The fourth-order valence-electron chi connectivity index (χ4n) is 2.51. The standard InChI is InChI=1S/C20H24ClN3O5S/c1-4-10-22-19(25)13(2)23-20(26)14-6-5-7-16(11-14)30(27,28)24-17-12-15(21)8-9-18(17)29-3/h5-9,11-13,24H,4,10H2,1-3H3,(H,22,25)(H,23,26). The van der Waals surface area contributed by atoms with Crippen molar-refractivity contribution in [3.63, 3.8) is 0 Å². The van der Waals surface area contributed by atoms with Crippen molar-refractivity contribution in [2.75, 3.05) is 18.4 Å². The van der Waals surface area contributed by atoms with Crippen molar-refractivity contribution in [2.45, 2.75) is 31.2 Å². The molecule has 0 saturated heterocycles. The van der Waals surface area contributed by atoms with Crippen molar-refractivity contribution in [2.24, 2.45) is 0 Å². The monoisotopic (exact) mass is 453 g/mol. The van der Waals surface area contributed by atoms with Gasteiger partial charge in [0.25, 0.3) is 15.9 Å². The molecule has 0 fully saturated rings. The molecule has 3 N–H and O–H groups in total. The van der Waals surface area contributed by atoms with Gasteiger partial charge in [-0.1, -0.05) is 24.6 Å². The van der Waals surface area contributed by atoms with Crippen LogP contribution in [0.4, 0.5) is 5.69 Å². The molecule has 0 radical (unpaired) electrons. The van der Waals surface area contributed by atoms with Crippen LogP contribution >= 0.6 is 11.6 Å². The highest BCUT2D eigenvalue weighted by atomic mass is 35.5. The van der Waals surface area contributed by atoms with Gasteiger partial charge in [0.1, 0.15) is 11.8 Å². The number of sulfonamides is 1. The normalized spacial score (nSPS) is 12.0. The lowest BCUT2D eigenvalue weighted by atomic mass is 10.2. The predicted octanol–water partition coefficient (Wildman–Crippen LogP) is 2.79. The van der Waals surface area contributed by atoms with E-state index in [1.54, 1.807) is 13.0 Å². The third-order valence-electron chi connectivity index (χ3n) is 4.10. The van der Waals surface area contributed by atoms with Gasteiger partial charge in [-0.15, -0.1) is 0 Å². The van der Waals surface area contributed by atoms with Crippen molar-refractivity contribution in [3.8, 4) is 5.75 Å². The molecule has 0 saturated carbocycles. The van der Waals surface area contributed by atoms with Gasteiger partial charge in [-0.25, -0.2) is 8.42 Å². The fourth-order valence-corrected chi connectivity index (χ4v) is 3.79. The van der Waals surface area contributed by atoms with Crippen LogP contribution in [-0.4, -0.2) is 39.9 Å². The number of halogens is 1. The summed E-state index contributed by atoms with van der Waals surface area (Å²) >= 11 is 5.95. The second kappa shape index (κ2) is 10.3. The number of nitrogens with one attached hydrogen (secondary N) is 3. The Morgan fingerprint density at radius 1 is 1.17 bits per heavy atom. The number of carbonyl (C=O) groups is 2. The van der Waals surface area contributed by atoms with Crippen LogP contribution in [0, 0.1) is 0 Å². The van der Waals surface area contributed by atoms with Gasteiger partial charge in [0.15, 0.2) is 0 Å². The van der Waals surface area contributed by atoms with Crippen molar-refractivity contribution in [1.29, 1.82) is 0 Å². The van der Waals surface area contributed by atoms with Gasteiger partial charge in [0.2, 0.25) is 5.91 Å². The van der Waals surface area contributed by atoms with Crippen molar-refractivity contribution in [1.82, 2.24) is 10.6 Å². The number of benzene rings is 2. The summed E-state index contributed by atoms with van der Waals surface area (Å²) in [7, 11) is -2.62. The quantitative estimate of drug-likeness (QED) is 0.540. The van der Waals surface area contributed by atoms with E-state index in [0.717, 1.165) is 6.42 Å². The molecule has 0 heterocycles. The average Bonchev–Trinajstić information content (AvgIpc) is 2.71. The van der Waals surface area contributed by atoms with Gasteiger partial charge in [-0.05, 0) is 49.7 Å². The fraction of sp³-hybridized carbons (Fsp3) is 0.300.